The van der Waals surface area contributed by atoms with Crippen LogP contribution in [0.4, 0.5) is 24.7 Å². The van der Waals surface area contributed by atoms with Crippen LogP contribution in [0.15, 0.2) is 42.5 Å². The molecule has 2 N–H and O–H groups in total. The van der Waals surface area contributed by atoms with Crippen LogP contribution in [-0.4, -0.2) is 33.6 Å². The monoisotopic (exact) mass is 459 g/mol. The number of rotatable bonds is 8. The number of benzene rings is 1. The number of carbonyl (C=O) groups excluding carboxylic acids is 1. The highest BCUT2D eigenvalue weighted by Gasteiger charge is 2.31. The number of halogens is 3. The summed E-state index contributed by atoms with van der Waals surface area (Å²) in [7, 11) is 0. The number of carbonyl (C=O) groups is 1. The van der Waals surface area contributed by atoms with E-state index in [-0.39, 0.29) is 18.1 Å². The maximum Gasteiger partial charge on any atom is 0.573 e. The van der Waals surface area contributed by atoms with Crippen LogP contribution in [0.2, 0.25) is 0 Å². The van der Waals surface area contributed by atoms with Gasteiger partial charge in [-0.25, -0.2) is 4.68 Å². The SMILES string of the molecule is Cc1cc(-n2nc(Nc3cccc(OC(F)(F)F)c3)cc2CC(=O)NCC2CC2)cc(C)n1. The summed E-state index contributed by atoms with van der Waals surface area (Å²) in [5.41, 5.74) is 3.35. The van der Waals surface area contributed by atoms with Crippen molar-refractivity contribution < 1.29 is 22.7 Å². The highest BCUT2D eigenvalue weighted by Crippen LogP contribution is 2.28. The van der Waals surface area contributed by atoms with E-state index in [0.29, 0.717) is 29.7 Å². The normalized spacial score (nSPS) is 13.6. The maximum atomic E-state index is 12.5. The van der Waals surface area contributed by atoms with Crippen molar-refractivity contribution in [1.29, 1.82) is 0 Å². The molecule has 1 aliphatic rings. The van der Waals surface area contributed by atoms with Gasteiger partial charge >= 0.3 is 6.36 Å². The van der Waals surface area contributed by atoms with Crippen molar-refractivity contribution in [3.8, 4) is 11.4 Å². The summed E-state index contributed by atoms with van der Waals surface area (Å²) in [6.07, 6.45) is -2.39. The lowest BCUT2D eigenvalue weighted by Crippen LogP contribution is -2.27. The summed E-state index contributed by atoms with van der Waals surface area (Å²) in [6, 6.07) is 10.9. The molecule has 1 saturated carbocycles. The van der Waals surface area contributed by atoms with E-state index in [1.807, 2.05) is 26.0 Å². The first-order valence-electron chi connectivity index (χ1n) is 10.6. The zero-order valence-corrected chi connectivity index (χ0v) is 18.2. The van der Waals surface area contributed by atoms with Gasteiger partial charge in [0.05, 0.1) is 17.8 Å². The first-order valence-corrected chi connectivity index (χ1v) is 10.6. The number of hydrogen-bond acceptors (Lipinski definition) is 5. The molecule has 2 aromatic heterocycles. The number of ether oxygens (including phenoxy) is 1. The van der Waals surface area contributed by atoms with Gasteiger partial charge in [0.1, 0.15) is 5.75 Å². The summed E-state index contributed by atoms with van der Waals surface area (Å²) < 4.78 is 43.3. The largest absolute Gasteiger partial charge is 0.573 e. The number of alkyl halides is 3. The fraction of sp³-hybridized carbons (Fsp3) is 0.348. The average molecular weight is 459 g/mol. The summed E-state index contributed by atoms with van der Waals surface area (Å²) >= 11 is 0. The molecule has 3 aromatic rings. The Kier molecular flexibility index (Phi) is 6.26. The van der Waals surface area contributed by atoms with Gasteiger partial charge in [-0.2, -0.15) is 0 Å². The molecule has 0 radical (unpaired) electrons. The summed E-state index contributed by atoms with van der Waals surface area (Å²) in [5, 5.41) is 10.5. The molecule has 0 unspecified atom stereocenters. The van der Waals surface area contributed by atoms with Crippen LogP contribution < -0.4 is 15.4 Å². The van der Waals surface area contributed by atoms with Crippen LogP contribution >= 0.6 is 0 Å². The Morgan fingerprint density at radius 1 is 1.15 bits per heavy atom. The van der Waals surface area contributed by atoms with E-state index < -0.39 is 6.36 Å². The number of nitrogens with zero attached hydrogens (tertiary/aromatic N) is 3. The number of aromatic nitrogens is 3. The van der Waals surface area contributed by atoms with E-state index in [1.54, 1.807) is 16.8 Å². The molecule has 2 heterocycles. The number of anilines is 2. The molecule has 1 fully saturated rings. The smallest absolute Gasteiger partial charge is 0.406 e. The third kappa shape index (κ3) is 6.47. The first-order chi connectivity index (χ1) is 15.6. The minimum Gasteiger partial charge on any atom is -0.406 e. The van der Waals surface area contributed by atoms with Gasteiger partial charge < -0.3 is 15.4 Å². The molecule has 0 bridgehead atoms. The zero-order chi connectivity index (χ0) is 23.6. The highest BCUT2D eigenvalue weighted by molar-refractivity contribution is 5.78. The third-order valence-corrected chi connectivity index (χ3v) is 5.06. The Bertz CT molecular complexity index is 1130. The van der Waals surface area contributed by atoms with Gasteiger partial charge in [0, 0.05) is 35.8 Å². The number of hydrogen-bond donors (Lipinski definition) is 2. The Morgan fingerprint density at radius 2 is 1.88 bits per heavy atom. The molecule has 1 aromatic carbocycles. The Labute approximate surface area is 189 Å². The molecule has 1 amide bonds. The van der Waals surface area contributed by atoms with Crippen LogP contribution in [0.5, 0.6) is 5.75 Å². The molecule has 0 aliphatic heterocycles. The average Bonchev–Trinajstić information content (AvgIpc) is 3.45. The highest BCUT2D eigenvalue weighted by atomic mass is 19.4. The van der Waals surface area contributed by atoms with E-state index in [9.17, 15) is 18.0 Å². The number of amides is 1. The molecular formula is C23H24F3N5O2. The zero-order valence-electron chi connectivity index (χ0n) is 18.2. The van der Waals surface area contributed by atoms with Crippen LogP contribution in [0, 0.1) is 19.8 Å². The summed E-state index contributed by atoms with van der Waals surface area (Å²) in [4.78, 5) is 16.9. The molecule has 0 spiro atoms. The van der Waals surface area contributed by atoms with Crippen LogP contribution in [0.1, 0.15) is 29.9 Å². The number of pyridine rings is 1. The molecule has 1 aliphatic carbocycles. The molecular weight excluding hydrogens is 435 g/mol. The van der Waals surface area contributed by atoms with Gasteiger partial charge in [-0.15, -0.1) is 18.3 Å². The van der Waals surface area contributed by atoms with E-state index in [0.717, 1.165) is 29.9 Å². The van der Waals surface area contributed by atoms with Crippen molar-refractivity contribution in [2.24, 2.45) is 5.92 Å². The van der Waals surface area contributed by atoms with Crippen molar-refractivity contribution in [1.82, 2.24) is 20.1 Å². The van der Waals surface area contributed by atoms with Gasteiger partial charge in [0.25, 0.3) is 0 Å². The fourth-order valence-electron chi connectivity index (χ4n) is 3.49. The summed E-state index contributed by atoms with van der Waals surface area (Å²) in [5.74, 6) is 0.494. The van der Waals surface area contributed by atoms with Gasteiger partial charge in [-0.1, -0.05) is 6.07 Å². The van der Waals surface area contributed by atoms with E-state index in [4.69, 9.17) is 0 Å². The van der Waals surface area contributed by atoms with Gasteiger partial charge in [-0.3, -0.25) is 9.78 Å². The fourth-order valence-corrected chi connectivity index (χ4v) is 3.49. The second-order valence-electron chi connectivity index (χ2n) is 8.17. The molecule has 174 valence electrons. The van der Waals surface area contributed by atoms with E-state index >= 15 is 0 Å². The Hall–Kier alpha value is -3.56. The molecule has 33 heavy (non-hydrogen) atoms. The van der Waals surface area contributed by atoms with E-state index in [1.165, 1.54) is 18.2 Å². The molecule has 0 saturated heterocycles. The predicted octanol–water partition coefficient (Wildman–Crippen LogP) is 4.60. The van der Waals surface area contributed by atoms with Gasteiger partial charge in [0.2, 0.25) is 5.91 Å². The number of aryl methyl sites for hydroxylation is 2. The lowest BCUT2D eigenvalue weighted by Gasteiger charge is -2.10. The standard InChI is InChI=1S/C23H24F3N5O2/c1-14-8-18(9-15(2)28-14)31-19(12-22(32)27-13-16-6-7-16)11-21(30-31)29-17-4-3-5-20(10-17)33-23(24,25)26/h3-5,8-11,16H,6-7,12-13H2,1-2H3,(H,27,32)(H,29,30). The quantitative estimate of drug-likeness (QED) is 0.515. The van der Waals surface area contributed by atoms with Crippen molar-refractivity contribution in [2.75, 3.05) is 11.9 Å². The van der Waals surface area contributed by atoms with Crippen molar-refractivity contribution in [2.45, 2.75) is 39.5 Å². The Balaban J connectivity index is 1.60. The molecule has 10 heteroatoms. The Morgan fingerprint density at radius 3 is 2.55 bits per heavy atom. The van der Waals surface area contributed by atoms with Crippen molar-refractivity contribution in [3.63, 3.8) is 0 Å². The third-order valence-electron chi connectivity index (χ3n) is 5.06. The number of nitrogens with one attached hydrogen (secondary N) is 2. The van der Waals surface area contributed by atoms with Crippen LogP contribution in [0.3, 0.4) is 0 Å². The predicted molar refractivity (Wildman–Crippen MR) is 117 cm³/mol. The lowest BCUT2D eigenvalue weighted by atomic mass is 10.2. The second-order valence-corrected chi connectivity index (χ2v) is 8.17. The van der Waals surface area contributed by atoms with E-state index in [2.05, 4.69) is 25.5 Å². The molecule has 4 rings (SSSR count). The maximum absolute atomic E-state index is 12.5. The summed E-state index contributed by atoms with van der Waals surface area (Å²) in [6.45, 7) is 4.40. The van der Waals surface area contributed by atoms with Crippen LogP contribution in [-0.2, 0) is 11.2 Å². The first kappa shape index (κ1) is 22.6. The van der Waals surface area contributed by atoms with Crippen molar-refractivity contribution in [3.05, 3.63) is 59.5 Å². The minimum atomic E-state index is -4.78. The van der Waals surface area contributed by atoms with Crippen molar-refractivity contribution >= 4 is 17.4 Å². The lowest BCUT2D eigenvalue weighted by molar-refractivity contribution is -0.274. The van der Waals surface area contributed by atoms with Crippen LogP contribution in [0.25, 0.3) is 5.69 Å². The second kappa shape index (κ2) is 9.13. The minimum absolute atomic E-state index is 0.110. The molecule has 0 atom stereocenters. The molecule has 7 nitrogen and oxygen atoms in total. The topological polar surface area (TPSA) is 81.1 Å². The van der Waals surface area contributed by atoms with Gasteiger partial charge in [0.15, 0.2) is 5.82 Å². The van der Waals surface area contributed by atoms with Gasteiger partial charge in [-0.05, 0) is 56.9 Å².